The van der Waals surface area contributed by atoms with E-state index in [0.29, 0.717) is 15.8 Å². The fraction of sp³-hybridized carbons (Fsp3) is 0. The molecule has 3 aromatic rings. The summed E-state index contributed by atoms with van der Waals surface area (Å²) in [6.45, 7) is 0. The van der Waals surface area contributed by atoms with Crippen molar-refractivity contribution < 1.29 is 23.1 Å². The van der Waals surface area contributed by atoms with Crippen molar-refractivity contribution >= 4 is 29.2 Å². The maximum Gasteiger partial charge on any atom is 0.379 e. The van der Waals surface area contributed by atoms with Crippen molar-refractivity contribution in [2.24, 2.45) is 0 Å². The summed E-state index contributed by atoms with van der Waals surface area (Å²) >= 11 is 11.8. The van der Waals surface area contributed by atoms with E-state index in [1.165, 1.54) is 30.3 Å². The lowest BCUT2D eigenvalue weighted by molar-refractivity contribution is 0.0695. The second-order valence-corrected chi connectivity index (χ2v) is 5.55. The summed E-state index contributed by atoms with van der Waals surface area (Å²) < 4.78 is 28.8. The Morgan fingerprint density at radius 3 is 2.42 bits per heavy atom. The average Bonchev–Trinajstić information content (AvgIpc) is 2.94. The molecule has 0 fully saturated rings. The van der Waals surface area contributed by atoms with E-state index in [-0.39, 0.29) is 17.5 Å². The number of ether oxygens (including phenoxy) is 2. The molecular formula is C17H9Cl2FO4. The normalized spacial score (nSPS) is 10.5. The van der Waals surface area contributed by atoms with Gasteiger partial charge in [-0.15, -0.1) is 0 Å². The van der Waals surface area contributed by atoms with Crippen LogP contribution in [0.25, 0.3) is 0 Å². The number of esters is 1. The largest absolute Gasteiger partial charge is 0.426 e. The zero-order valence-electron chi connectivity index (χ0n) is 12.0. The van der Waals surface area contributed by atoms with Gasteiger partial charge in [0.25, 0.3) is 5.95 Å². The highest BCUT2D eigenvalue weighted by Gasteiger charge is 2.15. The van der Waals surface area contributed by atoms with E-state index in [1.54, 1.807) is 18.2 Å². The number of furan rings is 1. The van der Waals surface area contributed by atoms with Gasteiger partial charge in [0.05, 0.1) is 0 Å². The van der Waals surface area contributed by atoms with E-state index >= 15 is 0 Å². The first-order valence-electron chi connectivity index (χ1n) is 6.71. The van der Waals surface area contributed by atoms with Crippen molar-refractivity contribution in [1.29, 1.82) is 0 Å². The highest BCUT2D eigenvalue weighted by molar-refractivity contribution is 6.34. The lowest BCUT2D eigenvalue weighted by atomic mass is 10.3. The first-order valence-corrected chi connectivity index (χ1v) is 7.47. The van der Waals surface area contributed by atoms with Crippen LogP contribution in [-0.2, 0) is 0 Å². The van der Waals surface area contributed by atoms with Crippen molar-refractivity contribution in [3.8, 4) is 17.4 Å². The molecular weight excluding hydrogens is 358 g/mol. The van der Waals surface area contributed by atoms with E-state index in [2.05, 4.69) is 0 Å². The molecule has 7 heteroatoms. The van der Waals surface area contributed by atoms with Gasteiger partial charge in [-0.25, -0.2) is 9.18 Å². The lowest BCUT2D eigenvalue weighted by Crippen LogP contribution is -2.07. The Labute approximate surface area is 146 Å². The number of hydrogen-bond donors (Lipinski definition) is 0. The van der Waals surface area contributed by atoms with E-state index in [4.69, 9.17) is 37.1 Å². The van der Waals surface area contributed by atoms with Gasteiger partial charge in [-0.1, -0.05) is 29.3 Å². The summed E-state index contributed by atoms with van der Waals surface area (Å²) in [7, 11) is 0. The number of carbonyl (C=O) groups excluding carboxylic acids is 1. The maximum atomic E-state index is 13.1. The zero-order chi connectivity index (χ0) is 17.1. The van der Waals surface area contributed by atoms with Gasteiger partial charge < -0.3 is 13.9 Å². The van der Waals surface area contributed by atoms with Crippen molar-refractivity contribution in [3.05, 3.63) is 76.2 Å². The van der Waals surface area contributed by atoms with Crippen LogP contribution in [-0.4, -0.2) is 5.97 Å². The number of rotatable bonds is 4. The highest BCUT2D eigenvalue weighted by Crippen LogP contribution is 2.29. The Morgan fingerprint density at radius 1 is 0.958 bits per heavy atom. The minimum atomic E-state index is -0.778. The summed E-state index contributed by atoms with van der Waals surface area (Å²) in [5.74, 6) is -0.907. The Balaban J connectivity index is 1.71. The standard InChI is InChI=1S/C17H9Cl2FO4/c18-10-6-11(19)8-14(7-10)22-16-5-4-15(24-16)17(21)23-13-3-1-2-12(20)9-13/h1-9H. The molecule has 0 aliphatic carbocycles. The molecule has 0 radical (unpaired) electrons. The molecule has 0 N–H and O–H groups in total. The molecule has 0 aliphatic rings. The van der Waals surface area contributed by atoms with Crippen molar-refractivity contribution in [3.63, 3.8) is 0 Å². The Morgan fingerprint density at radius 2 is 1.71 bits per heavy atom. The van der Waals surface area contributed by atoms with Gasteiger partial charge in [0.15, 0.2) is 0 Å². The first kappa shape index (κ1) is 16.4. The van der Waals surface area contributed by atoms with Crippen LogP contribution in [0.3, 0.4) is 0 Å². The fourth-order valence-electron chi connectivity index (χ4n) is 1.88. The Bertz CT molecular complexity index is 872. The summed E-state index contributed by atoms with van der Waals surface area (Å²) in [5.41, 5.74) is 0. The third-order valence-electron chi connectivity index (χ3n) is 2.84. The minimum Gasteiger partial charge on any atom is -0.426 e. The molecule has 0 saturated carbocycles. The zero-order valence-corrected chi connectivity index (χ0v) is 13.5. The molecule has 3 rings (SSSR count). The monoisotopic (exact) mass is 366 g/mol. The van der Waals surface area contributed by atoms with E-state index in [9.17, 15) is 9.18 Å². The quantitative estimate of drug-likeness (QED) is 0.436. The molecule has 1 heterocycles. The fourth-order valence-corrected chi connectivity index (χ4v) is 2.38. The predicted molar refractivity (Wildman–Crippen MR) is 86.6 cm³/mol. The van der Waals surface area contributed by atoms with Crippen LogP contribution < -0.4 is 9.47 Å². The third-order valence-corrected chi connectivity index (χ3v) is 3.28. The van der Waals surface area contributed by atoms with Gasteiger partial charge in [0, 0.05) is 22.2 Å². The molecule has 4 nitrogen and oxygen atoms in total. The molecule has 0 atom stereocenters. The number of carbonyl (C=O) groups is 1. The van der Waals surface area contributed by atoms with E-state index in [1.807, 2.05) is 0 Å². The van der Waals surface area contributed by atoms with Gasteiger partial charge in [-0.05, 0) is 36.4 Å². The molecule has 0 bridgehead atoms. The van der Waals surface area contributed by atoms with Crippen LogP contribution in [0.4, 0.5) is 4.39 Å². The molecule has 0 amide bonds. The molecule has 122 valence electrons. The van der Waals surface area contributed by atoms with Gasteiger partial charge in [0.1, 0.15) is 17.3 Å². The molecule has 0 spiro atoms. The second-order valence-electron chi connectivity index (χ2n) is 4.67. The van der Waals surface area contributed by atoms with Crippen LogP contribution in [0, 0.1) is 5.82 Å². The van der Waals surface area contributed by atoms with Crippen LogP contribution in [0.2, 0.25) is 10.0 Å². The van der Waals surface area contributed by atoms with Crippen molar-refractivity contribution in [1.82, 2.24) is 0 Å². The SMILES string of the molecule is O=C(Oc1cccc(F)c1)c1ccc(Oc2cc(Cl)cc(Cl)c2)o1. The van der Waals surface area contributed by atoms with Crippen molar-refractivity contribution in [2.45, 2.75) is 0 Å². The molecule has 2 aromatic carbocycles. The Kier molecular flexibility index (Phi) is 4.74. The number of benzene rings is 2. The topological polar surface area (TPSA) is 48.7 Å². The van der Waals surface area contributed by atoms with Crippen LogP contribution >= 0.6 is 23.2 Å². The summed E-state index contributed by atoms with van der Waals surface area (Å²) in [6.07, 6.45) is 0. The van der Waals surface area contributed by atoms with Gasteiger partial charge in [0.2, 0.25) is 5.76 Å². The van der Waals surface area contributed by atoms with E-state index < -0.39 is 11.8 Å². The highest BCUT2D eigenvalue weighted by atomic mass is 35.5. The van der Waals surface area contributed by atoms with Crippen molar-refractivity contribution in [2.75, 3.05) is 0 Å². The summed E-state index contributed by atoms with van der Waals surface area (Å²) in [4.78, 5) is 12.0. The Hall–Kier alpha value is -2.50. The van der Waals surface area contributed by atoms with Crippen LogP contribution in [0.15, 0.2) is 59.0 Å². The predicted octanol–water partition coefficient (Wildman–Crippen LogP) is 5.74. The minimum absolute atomic E-state index is 0.0551. The molecule has 24 heavy (non-hydrogen) atoms. The number of hydrogen-bond acceptors (Lipinski definition) is 4. The molecule has 0 aliphatic heterocycles. The molecule has 0 saturated heterocycles. The van der Waals surface area contributed by atoms with Gasteiger partial charge in [-0.3, -0.25) is 0 Å². The third kappa shape index (κ3) is 4.07. The summed E-state index contributed by atoms with van der Waals surface area (Å²) in [5, 5.41) is 0.796. The van der Waals surface area contributed by atoms with Gasteiger partial charge in [-0.2, -0.15) is 0 Å². The maximum absolute atomic E-state index is 13.1. The molecule has 1 aromatic heterocycles. The smallest absolute Gasteiger partial charge is 0.379 e. The van der Waals surface area contributed by atoms with E-state index in [0.717, 1.165) is 6.07 Å². The second kappa shape index (κ2) is 6.95. The lowest BCUT2D eigenvalue weighted by Gasteiger charge is -2.04. The summed E-state index contributed by atoms with van der Waals surface area (Å²) in [6, 6.07) is 12.7. The molecule has 0 unspecified atom stereocenters. The average molecular weight is 367 g/mol. The first-order chi connectivity index (χ1) is 11.5. The van der Waals surface area contributed by atoms with Crippen LogP contribution in [0.1, 0.15) is 10.6 Å². The van der Waals surface area contributed by atoms with Gasteiger partial charge >= 0.3 is 5.97 Å². The van der Waals surface area contributed by atoms with Crippen LogP contribution in [0.5, 0.6) is 17.4 Å². The number of halogens is 3.